The molecule has 2 atom stereocenters. The highest BCUT2D eigenvalue weighted by Crippen LogP contribution is 2.28. The minimum absolute atomic E-state index is 0.125. The van der Waals surface area contributed by atoms with Gasteiger partial charge in [0.05, 0.1) is 31.0 Å². The number of nitrogens with zero attached hydrogens (tertiary/aromatic N) is 3. The van der Waals surface area contributed by atoms with Gasteiger partial charge in [-0.25, -0.2) is 23.1 Å². The minimum atomic E-state index is -3.64. The van der Waals surface area contributed by atoms with Crippen molar-refractivity contribution in [2.75, 3.05) is 13.2 Å². The highest BCUT2D eigenvalue weighted by Gasteiger charge is 2.29. The van der Waals surface area contributed by atoms with Crippen molar-refractivity contribution in [2.45, 2.75) is 36.8 Å². The van der Waals surface area contributed by atoms with E-state index < -0.39 is 10.0 Å². The van der Waals surface area contributed by atoms with Crippen LogP contribution in [0.2, 0.25) is 0 Å². The molecule has 8 nitrogen and oxygen atoms in total. The van der Waals surface area contributed by atoms with Crippen LogP contribution in [0.3, 0.4) is 0 Å². The average Bonchev–Trinajstić information content (AvgIpc) is 3.02. The van der Waals surface area contributed by atoms with Crippen molar-refractivity contribution in [2.24, 2.45) is 7.05 Å². The van der Waals surface area contributed by atoms with E-state index in [4.69, 9.17) is 9.47 Å². The molecule has 2 aromatic rings. The highest BCUT2D eigenvalue weighted by atomic mass is 32.2. The van der Waals surface area contributed by atoms with Crippen LogP contribution in [0.25, 0.3) is 0 Å². The lowest BCUT2D eigenvalue weighted by atomic mass is 10.0. The number of hydrogen-bond acceptors (Lipinski definition) is 6. The standard InChI is InChI=1S/C16H22N4O4S/c1-3-23-16-5-4-13(9-18-16)25(21,22)19-12-6-7-24-15(8-12)14-10-17-11-20(14)2/h4-5,9-12,15,19H,3,6-8H2,1-2H3. The Balaban J connectivity index is 1.68. The van der Waals surface area contributed by atoms with Crippen molar-refractivity contribution in [1.82, 2.24) is 19.3 Å². The van der Waals surface area contributed by atoms with Gasteiger partial charge in [0, 0.05) is 25.8 Å². The SMILES string of the molecule is CCOc1ccc(S(=O)(=O)NC2CCOC(c3cncn3C)C2)cn1. The molecule has 136 valence electrons. The van der Waals surface area contributed by atoms with Gasteiger partial charge in [-0.3, -0.25) is 0 Å². The summed E-state index contributed by atoms with van der Waals surface area (Å²) in [4.78, 5) is 8.23. The summed E-state index contributed by atoms with van der Waals surface area (Å²) in [6, 6.07) is 2.85. The largest absolute Gasteiger partial charge is 0.478 e. The van der Waals surface area contributed by atoms with Crippen LogP contribution in [0.4, 0.5) is 0 Å². The molecule has 3 heterocycles. The Morgan fingerprint density at radius 2 is 2.24 bits per heavy atom. The molecule has 3 rings (SSSR count). The van der Waals surface area contributed by atoms with Gasteiger partial charge in [0.2, 0.25) is 15.9 Å². The molecule has 2 unspecified atom stereocenters. The fourth-order valence-corrected chi connectivity index (χ4v) is 4.06. The van der Waals surface area contributed by atoms with Crippen molar-refractivity contribution in [3.05, 3.63) is 36.5 Å². The lowest BCUT2D eigenvalue weighted by molar-refractivity contribution is -0.0000447. The summed E-state index contributed by atoms with van der Waals surface area (Å²) < 4.78 is 40.8. The fraction of sp³-hybridized carbons (Fsp3) is 0.500. The van der Waals surface area contributed by atoms with Crippen molar-refractivity contribution in [3.63, 3.8) is 0 Å². The van der Waals surface area contributed by atoms with E-state index in [1.54, 1.807) is 18.6 Å². The molecule has 25 heavy (non-hydrogen) atoms. The lowest BCUT2D eigenvalue weighted by Gasteiger charge is -2.30. The Hall–Kier alpha value is -1.97. The Labute approximate surface area is 147 Å². The first-order valence-corrected chi connectivity index (χ1v) is 9.67. The third kappa shape index (κ3) is 4.17. The van der Waals surface area contributed by atoms with Crippen molar-refractivity contribution in [1.29, 1.82) is 0 Å². The summed E-state index contributed by atoms with van der Waals surface area (Å²) >= 11 is 0. The van der Waals surface area contributed by atoms with Crippen LogP contribution in [0.5, 0.6) is 5.88 Å². The van der Waals surface area contributed by atoms with E-state index in [1.165, 1.54) is 12.3 Å². The Kier molecular flexibility index (Phi) is 5.36. The first kappa shape index (κ1) is 17.8. The first-order valence-electron chi connectivity index (χ1n) is 8.18. The fourth-order valence-electron chi connectivity index (χ4n) is 2.83. The van der Waals surface area contributed by atoms with Gasteiger partial charge in [-0.2, -0.15) is 0 Å². The predicted molar refractivity (Wildman–Crippen MR) is 90.7 cm³/mol. The molecule has 0 spiro atoms. The topological polar surface area (TPSA) is 95.3 Å². The van der Waals surface area contributed by atoms with Gasteiger partial charge in [-0.05, 0) is 25.8 Å². The quantitative estimate of drug-likeness (QED) is 0.831. The van der Waals surface area contributed by atoms with Crippen LogP contribution >= 0.6 is 0 Å². The van der Waals surface area contributed by atoms with E-state index in [-0.39, 0.29) is 17.0 Å². The zero-order chi connectivity index (χ0) is 17.9. The maximum absolute atomic E-state index is 12.6. The second-order valence-corrected chi connectivity index (χ2v) is 7.61. The van der Waals surface area contributed by atoms with Crippen molar-refractivity contribution >= 4 is 10.0 Å². The maximum Gasteiger partial charge on any atom is 0.242 e. The van der Waals surface area contributed by atoms with Gasteiger partial charge in [-0.15, -0.1) is 0 Å². The number of imidazole rings is 1. The van der Waals surface area contributed by atoms with Crippen LogP contribution in [-0.2, 0) is 21.8 Å². The summed E-state index contributed by atoms with van der Waals surface area (Å²) in [7, 11) is -1.75. The summed E-state index contributed by atoms with van der Waals surface area (Å²) in [5, 5.41) is 0. The number of nitrogens with one attached hydrogen (secondary N) is 1. The second-order valence-electron chi connectivity index (χ2n) is 5.90. The van der Waals surface area contributed by atoms with Gasteiger partial charge < -0.3 is 14.0 Å². The smallest absolute Gasteiger partial charge is 0.242 e. The van der Waals surface area contributed by atoms with Crippen molar-refractivity contribution < 1.29 is 17.9 Å². The monoisotopic (exact) mass is 366 g/mol. The number of pyridine rings is 1. The Morgan fingerprint density at radius 1 is 1.40 bits per heavy atom. The number of aryl methyl sites for hydroxylation is 1. The first-order chi connectivity index (χ1) is 12.0. The van der Waals surface area contributed by atoms with Gasteiger partial charge in [0.15, 0.2) is 0 Å². The number of aromatic nitrogens is 3. The van der Waals surface area contributed by atoms with E-state index in [9.17, 15) is 8.42 Å². The van der Waals surface area contributed by atoms with Crippen LogP contribution in [0, 0.1) is 0 Å². The lowest BCUT2D eigenvalue weighted by Crippen LogP contribution is -2.40. The zero-order valence-electron chi connectivity index (χ0n) is 14.3. The van der Waals surface area contributed by atoms with Gasteiger partial charge in [0.25, 0.3) is 0 Å². The average molecular weight is 366 g/mol. The summed E-state index contributed by atoms with van der Waals surface area (Å²) in [5.41, 5.74) is 0.937. The van der Waals surface area contributed by atoms with Gasteiger partial charge in [0.1, 0.15) is 11.0 Å². The van der Waals surface area contributed by atoms with E-state index in [2.05, 4.69) is 14.7 Å². The third-order valence-electron chi connectivity index (χ3n) is 4.10. The molecule has 0 aromatic carbocycles. The highest BCUT2D eigenvalue weighted by molar-refractivity contribution is 7.89. The molecule has 0 saturated carbocycles. The maximum atomic E-state index is 12.6. The van der Waals surface area contributed by atoms with E-state index in [0.717, 1.165) is 5.69 Å². The Morgan fingerprint density at radius 3 is 2.88 bits per heavy atom. The molecule has 0 bridgehead atoms. The second kappa shape index (κ2) is 7.51. The van der Waals surface area contributed by atoms with Crippen LogP contribution in [0.1, 0.15) is 31.6 Å². The number of sulfonamides is 1. The molecular formula is C16H22N4O4S. The molecule has 1 aliphatic heterocycles. The summed E-state index contributed by atoms with van der Waals surface area (Å²) in [6.45, 7) is 2.82. The molecule has 1 fully saturated rings. The molecule has 2 aromatic heterocycles. The predicted octanol–water partition coefficient (Wildman–Crippen LogP) is 1.41. The molecule has 1 N–H and O–H groups in total. The molecule has 9 heteroatoms. The normalized spacial score (nSPS) is 21.2. The molecular weight excluding hydrogens is 344 g/mol. The summed E-state index contributed by atoms with van der Waals surface area (Å²) in [5.74, 6) is 0.406. The van der Waals surface area contributed by atoms with Crippen LogP contribution in [-0.4, -0.2) is 42.2 Å². The third-order valence-corrected chi connectivity index (χ3v) is 5.61. The van der Waals surface area contributed by atoms with Crippen LogP contribution < -0.4 is 9.46 Å². The number of hydrogen-bond donors (Lipinski definition) is 1. The van der Waals surface area contributed by atoms with Gasteiger partial charge >= 0.3 is 0 Å². The van der Waals surface area contributed by atoms with E-state index in [0.29, 0.717) is 31.9 Å². The van der Waals surface area contributed by atoms with Gasteiger partial charge in [-0.1, -0.05) is 0 Å². The van der Waals surface area contributed by atoms with Crippen LogP contribution in [0.15, 0.2) is 35.7 Å². The van der Waals surface area contributed by atoms with E-state index in [1.807, 2.05) is 18.5 Å². The molecule has 0 radical (unpaired) electrons. The molecule has 0 aliphatic carbocycles. The van der Waals surface area contributed by atoms with E-state index >= 15 is 0 Å². The zero-order valence-corrected chi connectivity index (χ0v) is 15.1. The summed E-state index contributed by atoms with van der Waals surface area (Å²) in [6.07, 6.45) is 5.77. The number of rotatable bonds is 6. The van der Waals surface area contributed by atoms with Crippen molar-refractivity contribution in [3.8, 4) is 5.88 Å². The Bertz CT molecular complexity index is 804. The molecule has 0 amide bonds. The molecule has 1 aliphatic rings. The minimum Gasteiger partial charge on any atom is -0.478 e. The molecule has 1 saturated heterocycles. The number of ether oxygens (including phenoxy) is 2.